The SMILES string of the molecule is CCO[C@H](Cc1ccc(O)cc1)C(=O)O. The normalized spacial score (nSPS) is 12.3. The molecule has 0 fully saturated rings. The van der Waals surface area contributed by atoms with Crippen molar-refractivity contribution < 1.29 is 19.7 Å². The second-order valence-corrected chi connectivity index (χ2v) is 3.15. The van der Waals surface area contributed by atoms with E-state index in [1.165, 1.54) is 12.1 Å². The lowest BCUT2D eigenvalue weighted by Gasteiger charge is -2.12. The first-order valence-corrected chi connectivity index (χ1v) is 4.75. The quantitative estimate of drug-likeness (QED) is 0.771. The maximum atomic E-state index is 10.8. The fourth-order valence-electron chi connectivity index (χ4n) is 1.26. The molecular weight excluding hydrogens is 196 g/mol. The van der Waals surface area contributed by atoms with Gasteiger partial charge < -0.3 is 14.9 Å². The molecule has 0 amide bonds. The molecule has 0 saturated carbocycles. The van der Waals surface area contributed by atoms with Gasteiger partial charge in [0.25, 0.3) is 0 Å². The van der Waals surface area contributed by atoms with Gasteiger partial charge in [0.1, 0.15) is 5.75 Å². The van der Waals surface area contributed by atoms with E-state index in [9.17, 15) is 4.79 Å². The number of phenols is 1. The second kappa shape index (κ2) is 5.36. The van der Waals surface area contributed by atoms with Crippen molar-refractivity contribution in [1.29, 1.82) is 0 Å². The van der Waals surface area contributed by atoms with E-state index in [1.54, 1.807) is 19.1 Å². The van der Waals surface area contributed by atoms with Crippen LogP contribution in [0.5, 0.6) is 5.75 Å². The molecular formula is C11H14O4. The van der Waals surface area contributed by atoms with Gasteiger partial charge in [0.15, 0.2) is 6.10 Å². The summed E-state index contributed by atoms with van der Waals surface area (Å²) < 4.78 is 5.08. The summed E-state index contributed by atoms with van der Waals surface area (Å²) in [6, 6.07) is 6.43. The highest BCUT2D eigenvalue weighted by molar-refractivity contribution is 5.72. The number of phenolic OH excluding ortho intramolecular Hbond substituents is 1. The molecule has 0 bridgehead atoms. The van der Waals surface area contributed by atoms with Crippen molar-refractivity contribution >= 4 is 5.97 Å². The number of hydrogen-bond donors (Lipinski definition) is 2. The number of benzene rings is 1. The highest BCUT2D eigenvalue weighted by atomic mass is 16.5. The number of carboxylic acid groups (broad SMARTS) is 1. The van der Waals surface area contributed by atoms with Gasteiger partial charge in [-0.1, -0.05) is 12.1 Å². The van der Waals surface area contributed by atoms with Crippen LogP contribution in [0.25, 0.3) is 0 Å². The van der Waals surface area contributed by atoms with Crippen molar-refractivity contribution in [3.8, 4) is 5.75 Å². The van der Waals surface area contributed by atoms with Crippen molar-refractivity contribution in [3.63, 3.8) is 0 Å². The number of carboxylic acids is 1. The molecule has 4 nitrogen and oxygen atoms in total. The summed E-state index contributed by atoms with van der Waals surface area (Å²) in [6.45, 7) is 2.13. The molecule has 0 aromatic heterocycles. The summed E-state index contributed by atoms with van der Waals surface area (Å²) in [5.41, 5.74) is 0.827. The van der Waals surface area contributed by atoms with Gasteiger partial charge in [0.2, 0.25) is 0 Å². The van der Waals surface area contributed by atoms with E-state index in [-0.39, 0.29) is 5.75 Å². The molecule has 0 heterocycles. The molecule has 2 N–H and O–H groups in total. The lowest BCUT2D eigenvalue weighted by Crippen LogP contribution is -2.26. The van der Waals surface area contributed by atoms with Gasteiger partial charge in [-0.2, -0.15) is 0 Å². The minimum absolute atomic E-state index is 0.169. The van der Waals surface area contributed by atoms with Gasteiger partial charge in [-0.15, -0.1) is 0 Å². The Kier molecular flexibility index (Phi) is 4.12. The molecule has 0 aliphatic carbocycles. The number of aromatic hydroxyl groups is 1. The third kappa shape index (κ3) is 3.59. The smallest absolute Gasteiger partial charge is 0.333 e. The lowest BCUT2D eigenvalue weighted by atomic mass is 10.1. The number of hydrogen-bond acceptors (Lipinski definition) is 3. The fraction of sp³-hybridized carbons (Fsp3) is 0.364. The predicted molar refractivity (Wildman–Crippen MR) is 54.9 cm³/mol. The largest absolute Gasteiger partial charge is 0.508 e. The van der Waals surface area contributed by atoms with Crippen LogP contribution in [0, 0.1) is 0 Å². The molecule has 1 aromatic carbocycles. The molecule has 1 atom stereocenters. The fourth-order valence-corrected chi connectivity index (χ4v) is 1.26. The van der Waals surface area contributed by atoms with Gasteiger partial charge in [0, 0.05) is 13.0 Å². The van der Waals surface area contributed by atoms with E-state index >= 15 is 0 Å². The molecule has 4 heteroatoms. The van der Waals surface area contributed by atoms with Crippen LogP contribution in [0.15, 0.2) is 24.3 Å². The van der Waals surface area contributed by atoms with Crippen molar-refractivity contribution in [2.45, 2.75) is 19.4 Å². The van der Waals surface area contributed by atoms with Crippen LogP contribution >= 0.6 is 0 Å². The van der Waals surface area contributed by atoms with Gasteiger partial charge in [0.05, 0.1) is 0 Å². The van der Waals surface area contributed by atoms with E-state index in [0.717, 1.165) is 5.56 Å². The Bertz CT molecular complexity index is 318. The van der Waals surface area contributed by atoms with E-state index in [0.29, 0.717) is 13.0 Å². The number of ether oxygens (including phenoxy) is 1. The molecule has 0 aliphatic heterocycles. The highest BCUT2D eigenvalue weighted by Gasteiger charge is 2.17. The number of aliphatic carboxylic acids is 1. The first kappa shape index (κ1) is 11.5. The van der Waals surface area contributed by atoms with Crippen LogP contribution in [0.4, 0.5) is 0 Å². The third-order valence-corrected chi connectivity index (χ3v) is 2.00. The highest BCUT2D eigenvalue weighted by Crippen LogP contribution is 2.12. The van der Waals surface area contributed by atoms with Crippen molar-refractivity contribution in [2.24, 2.45) is 0 Å². The topological polar surface area (TPSA) is 66.8 Å². The van der Waals surface area contributed by atoms with Crippen molar-refractivity contribution in [3.05, 3.63) is 29.8 Å². The molecule has 1 rings (SSSR count). The summed E-state index contributed by atoms with van der Waals surface area (Å²) >= 11 is 0. The zero-order valence-electron chi connectivity index (χ0n) is 8.51. The summed E-state index contributed by atoms with van der Waals surface area (Å²) in [5.74, 6) is -0.799. The summed E-state index contributed by atoms with van der Waals surface area (Å²) in [6.07, 6.45) is -0.511. The Hall–Kier alpha value is -1.55. The van der Waals surface area contributed by atoms with Gasteiger partial charge >= 0.3 is 5.97 Å². The average molecular weight is 210 g/mol. The van der Waals surface area contributed by atoms with Gasteiger partial charge in [-0.25, -0.2) is 4.79 Å². The Balaban J connectivity index is 2.65. The molecule has 82 valence electrons. The Labute approximate surface area is 88.1 Å². The average Bonchev–Trinajstić information content (AvgIpc) is 2.20. The zero-order chi connectivity index (χ0) is 11.3. The maximum absolute atomic E-state index is 10.8. The predicted octanol–water partition coefficient (Wildman–Crippen LogP) is 1.42. The second-order valence-electron chi connectivity index (χ2n) is 3.15. The van der Waals surface area contributed by atoms with Crippen LogP contribution < -0.4 is 0 Å². The molecule has 0 unspecified atom stereocenters. The summed E-state index contributed by atoms with van der Waals surface area (Å²) in [4.78, 5) is 10.8. The van der Waals surface area contributed by atoms with E-state index in [4.69, 9.17) is 14.9 Å². The van der Waals surface area contributed by atoms with E-state index in [2.05, 4.69) is 0 Å². The Morgan fingerprint density at radius 1 is 1.40 bits per heavy atom. The first-order valence-electron chi connectivity index (χ1n) is 4.75. The molecule has 0 aliphatic rings. The maximum Gasteiger partial charge on any atom is 0.333 e. The van der Waals surface area contributed by atoms with Crippen LogP contribution in [0.1, 0.15) is 12.5 Å². The summed E-state index contributed by atoms with van der Waals surface area (Å²) in [7, 11) is 0. The molecule has 15 heavy (non-hydrogen) atoms. The minimum Gasteiger partial charge on any atom is -0.508 e. The number of carbonyl (C=O) groups is 1. The molecule has 0 spiro atoms. The zero-order valence-corrected chi connectivity index (χ0v) is 8.51. The van der Waals surface area contributed by atoms with Crippen LogP contribution in [0.2, 0.25) is 0 Å². The Morgan fingerprint density at radius 2 is 2.00 bits per heavy atom. The van der Waals surface area contributed by atoms with Crippen molar-refractivity contribution in [1.82, 2.24) is 0 Å². The molecule has 1 aromatic rings. The van der Waals surface area contributed by atoms with Crippen molar-refractivity contribution in [2.75, 3.05) is 6.61 Å². The van der Waals surface area contributed by atoms with Crippen LogP contribution in [-0.4, -0.2) is 28.9 Å². The molecule has 0 radical (unpaired) electrons. The van der Waals surface area contributed by atoms with E-state index < -0.39 is 12.1 Å². The monoisotopic (exact) mass is 210 g/mol. The van der Waals surface area contributed by atoms with Gasteiger partial charge in [-0.05, 0) is 24.6 Å². The minimum atomic E-state index is -0.968. The van der Waals surface area contributed by atoms with Crippen LogP contribution in [-0.2, 0) is 16.0 Å². The first-order chi connectivity index (χ1) is 7.13. The molecule has 0 saturated heterocycles. The lowest BCUT2D eigenvalue weighted by molar-refractivity contribution is -0.149. The summed E-state index contributed by atoms with van der Waals surface area (Å²) in [5, 5.41) is 17.9. The third-order valence-electron chi connectivity index (χ3n) is 2.00. The van der Waals surface area contributed by atoms with Crippen LogP contribution in [0.3, 0.4) is 0 Å². The van der Waals surface area contributed by atoms with E-state index in [1.807, 2.05) is 0 Å². The Morgan fingerprint density at radius 3 is 2.47 bits per heavy atom. The number of rotatable bonds is 5. The van der Waals surface area contributed by atoms with Gasteiger partial charge in [-0.3, -0.25) is 0 Å². The standard InChI is InChI=1S/C11H14O4/c1-2-15-10(11(13)14)7-8-3-5-9(12)6-4-8/h3-6,10,12H,2,7H2,1H3,(H,13,14)/t10-/m1/s1.